The molecule has 0 radical (unpaired) electrons. The van der Waals surface area contributed by atoms with E-state index in [4.69, 9.17) is 11.6 Å². The topological polar surface area (TPSA) is 70.4 Å². The fraction of sp³-hybridized carbons (Fsp3) is 0.333. The molecular formula is C15H17ClN4O2. The summed E-state index contributed by atoms with van der Waals surface area (Å²) in [7, 11) is 0. The Labute approximate surface area is 133 Å². The standard InChI is InChI=1S/C15H17ClN4O2/c16-13-5-1-2-6-14(13)20-9-11(8-17-20)18-15(22)19-7-3-4-12(21)10-19/h1-2,5-6,8-9,12,21H,3-4,7,10H2,(H,18,22)/t12-/m0/s1. The Kier molecular flexibility index (Phi) is 4.31. The number of amides is 2. The number of benzene rings is 1. The molecule has 1 atom stereocenters. The highest BCUT2D eigenvalue weighted by atomic mass is 35.5. The number of likely N-dealkylation sites (tertiary alicyclic amines) is 1. The van der Waals surface area contributed by atoms with Gasteiger partial charge in [0.25, 0.3) is 0 Å². The number of β-amino-alcohol motifs (C(OH)–C–C–N with tert-alkyl or cyclic N) is 1. The van der Waals surface area contributed by atoms with Crippen LogP contribution >= 0.6 is 11.6 Å². The van der Waals surface area contributed by atoms with Gasteiger partial charge in [0, 0.05) is 13.1 Å². The second kappa shape index (κ2) is 6.37. The number of para-hydroxylation sites is 1. The van der Waals surface area contributed by atoms with Gasteiger partial charge in [-0.25, -0.2) is 9.48 Å². The third kappa shape index (κ3) is 3.23. The van der Waals surface area contributed by atoms with Crippen LogP contribution in [0.1, 0.15) is 12.8 Å². The second-order valence-corrected chi connectivity index (χ2v) is 5.70. The molecule has 0 spiro atoms. The van der Waals surface area contributed by atoms with E-state index < -0.39 is 6.10 Å². The number of nitrogens with zero attached hydrogens (tertiary/aromatic N) is 3. The van der Waals surface area contributed by atoms with Crippen LogP contribution in [-0.2, 0) is 0 Å². The zero-order valence-corrected chi connectivity index (χ0v) is 12.7. The molecule has 1 aliphatic heterocycles. The maximum Gasteiger partial charge on any atom is 0.322 e. The number of aliphatic hydroxyl groups is 1. The Morgan fingerprint density at radius 3 is 3.00 bits per heavy atom. The molecule has 1 fully saturated rings. The summed E-state index contributed by atoms with van der Waals surface area (Å²) in [6, 6.07) is 7.13. The van der Waals surface area contributed by atoms with E-state index in [1.165, 1.54) is 0 Å². The van der Waals surface area contributed by atoms with E-state index in [-0.39, 0.29) is 6.03 Å². The predicted molar refractivity (Wildman–Crippen MR) is 84.4 cm³/mol. The van der Waals surface area contributed by atoms with E-state index in [2.05, 4.69) is 10.4 Å². The number of rotatable bonds is 2. The van der Waals surface area contributed by atoms with E-state index >= 15 is 0 Å². The third-order valence-electron chi connectivity index (χ3n) is 3.62. The van der Waals surface area contributed by atoms with Crippen molar-refractivity contribution in [3.8, 4) is 5.69 Å². The monoisotopic (exact) mass is 320 g/mol. The van der Waals surface area contributed by atoms with E-state index in [9.17, 15) is 9.90 Å². The summed E-state index contributed by atoms with van der Waals surface area (Å²) in [6.45, 7) is 1.02. The van der Waals surface area contributed by atoms with Gasteiger partial charge in [0.2, 0.25) is 0 Å². The Morgan fingerprint density at radius 2 is 2.23 bits per heavy atom. The molecule has 1 saturated heterocycles. The van der Waals surface area contributed by atoms with Gasteiger partial charge in [-0.2, -0.15) is 5.10 Å². The van der Waals surface area contributed by atoms with Crippen molar-refractivity contribution in [2.24, 2.45) is 0 Å². The van der Waals surface area contributed by atoms with E-state index in [0.29, 0.717) is 23.8 Å². The number of aromatic nitrogens is 2. The lowest BCUT2D eigenvalue weighted by Gasteiger charge is -2.29. The molecule has 2 amide bonds. The molecule has 6 nitrogen and oxygen atoms in total. The van der Waals surface area contributed by atoms with Gasteiger partial charge in [-0.3, -0.25) is 0 Å². The number of anilines is 1. The van der Waals surface area contributed by atoms with Crippen LogP contribution in [0.25, 0.3) is 5.69 Å². The average molecular weight is 321 g/mol. The first kappa shape index (κ1) is 14.9. The largest absolute Gasteiger partial charge is 0.391 e. The molecule has 2 N–H and O–H groups in total. The molecule has 0 bridgehead atoms. The maximum absolute atomic E-state index is 12.2. The molecule has 2 heterocycles. The van der Waals surface area contributed by atoms with Crippen LogP contribution in [0.15, 0.2) is 36.7 Å². The van der Waals surface area contributed by atoms with Crippen molar-refractivity contribution < 1.29 is 9.90 Å². The van der Waals surface area contributed by atoms with E-state index in [1.54, 1.807) is 28.0 Å². The molecule has 116 valence electrons. The summed E-state index contributed by atoms with van der Waals surface area (Å²) >= 11 is 6.13. The molecule has 7 heteroatoms. The summed E-state index contributed by atoms with van der Waals surface area (Å²) in [5, 5.41) is 17.2. The first-order valence-corrected chi connectivity index (χ1v) is 7.55. The lowest BCUT2D eigenvalue weighted by molar-refractivity contribution is 0.0883. The quantitative estimate of drug-likeness (QED) is 0.893. The third-order valence-corrected chi connectivity index (χ3v) is 3.94. The molecule has 0 saturated carbocycles. The van der Waals surface area contributed by atoms with Gasteiger partial charge in [-0.1, -0.05) is 23.7 Å². The number of aliphatic hydroxyl groups excluding tert-OH is 1. The van der Waals surface area contributed by atoms with Crippen LogP contribution in [0.3, 0.4) is 0 Å². The second-order valence-electron chi connectivity index (χ2n) is 5.30. The summed E-state index contributed by atoms with van der Waals surface area (Å²) < 4.78 is 1.61. The van der Waals surface area contributed by atoms with Crippen LogP contribution in [0.5, 0.6) is 0 Å². The van der Waals surface area contributed by atoms with Crippen molar-refractivity contribution in [3.05, 3.63) is 41.7 Å². The molecular weight excluding hydrogens is 304 g/mol. The highest BCUT2D eigenvalue weighted by Crippen LogP contribution is 2.20. The van der Waals surface area contributed by atoms with Gasteiger partial charge in [-0.15, -0.1) is 0 Å². The molecule has 0 unspecified atom stereocenters. The summed E-state index contributed by atoms with van der Waals surface area (Å²) in [5.41, 5.74) is 1.34. The number of piperidine rings is 1. The zero-order valence-electron chi connectivity index (χ0n) is 11.9. The van der Waals surface area contributed by atoms with Gasteiger partial charge in [-0.05, 0) is 25.0 Å². The molecule has 0 aliphatic carbocycles. The lowest BCUT2D eigenvalue weighted by atomic mass is 10.1. The van der Waals surface area contributed by atoms with Crippen molar-refractivity contribution in [3.63, 3.8) is 0 Å². The minimum atomic E-state index is -0.439. The maximum atomic E-state index is 12.2. The fourth-order valence-corrected chi connectivity index (χ4v) is 2.72. The molecule has 3 rings (SSSR count). The van der Waals surface area contributed by atoms with Crippen LogP contribution in [-0.4, -0.2) is 45.0 Å². The van der Waals surface area contributed by atoms with Gasteiger partial charge in [0.05, 0.1) is 34.9 Å². The predicted octanol–water partition coefficient (Wildman–Crippen LogP) is 2.51. The van der Waals surface area contributed by atoms with E-state index in [1.807, 2.05) is 18.2 Å². The van der Waals surface area contributed by atoms with E-state index in [0.717, 1.165) is 18.5 Å². The highest BCUT2D eigenvalue weighted by molar-refractivity contribution is 6.32. The van der Waals surface area contributed by atoms with Gasteiger partial charge < -0.3 is 15.3 Å². The first-order chi connectivity index (χ1) is 10.6. The lowest BCUT2D eigenvalue weighted by Crippen LogP contribution is -2.44. The molecule has 1 aromatic heterocycles. The number of urea groups is 1. The van der Waals surface area contributed by atoms with Crippen LogP contribution in [0.2, 0.25) is 5.02 Å². The number of halogens is 1. The summed E-state index contributed by atoms with van der Waals surface area (Å²) in [6.07, 6.45) is 4.40. The fourth-order valence-electron chi connectivity index (χ4n) is 2.50. The highest BCUT2D eigenvalue weighted by Gasteiger charge is 2.22. The smallest absolute Gasteiger partial charge is 0.322 e. The van der Waals surface area contributed by atoms with Crippen LogP contribution in [0.4, 0.5) is 10.5 Å². The molecule has 1 aromatic carbocycles. The number of hydrogen-bond acceptors (Lipinski definition) is 3. The Morgan fingerprint density at radius 1 is 1.41 bits per heavy atom. The van der Waals surface area contributed by atoms with Crippen molar-refractivity contribution in [1.29, 1.82) is 0 Å². The SMILES string of the molecule is O=C(Nc1cnn(-c2ccccc2Cl)c1)N1CCC[C@H](O)C1. The van der Waals surface area contributed by atoms with Crippen LogP contribution < -0.4 is 5.32 Å². The summed E-state index contributed by atoms with van der Waals surface area (Å²) in [4.78, 5) is 13.8. The van der Waals surface area contributed by atoms with Gasteiger partial charge in [0.15, 0.2) is 0 Å². The molecule has 22 heavy (non-hydrogen) atoms. The minimum Gasteiger partial charge on any atom is -0.391 e. The van der Waals surface area contributed by atoms with Crippen molar-refractivity contribution >= 4 is 23.3 Å². The van der Waals surface area contributed by atoms with Crippen molar-refractivity contribution in [2.75, 3.05) is 18.4 Å². The minimum absolute atomic E-state index is 0.225. The summed E-state index contributed by atoms with van der Waals surface area (Å²) in [5.74, 6) is 0. The first-order valence-electron chi connectivity index (χ1n) is 7.17. The number of carbonyl (C=O) groups is 1. The Bertz CT molecular complexity index is 673. The number of carbonyl (C=O) groups excluding carboxylic acids is 1. The van der Waals surface area contributed by atoms with Crippen LogP contribution in [0, 0.1) is 0 Å². The van der Waals surface area contributed by atoms with Crippen molar-refractivity contribution in [2.45, 2.75) is 18.9 Å². The number of nitrogens with one attached hydrogen (secondary N) is 1. The number of hydrogen-bond donors (Lipinski definition) is 2. The zero-order chi connectivity index (χ0) is 15.5. The molecule has 2 aromatic rings. The van der Waals surface area contributed by atoms with Gasteiger partial charge >= 0.3 is 6.03 Å². The van der Waals surface area contributed by atoms with Crippen molar-refractivity contribution in [1.82, 2.24) is 14.7 Å². The Hall–Kier alpha value is -2.05. The normalized spacial score (nSPS) is 18.3. The van der Waals surface area contributed by atoms with Gasteiger partial charge in [0.1, 0.15) is 0 Å². The molecule has 1 aliphatic rings. The Balaban J connectivity index is 1.69. The average Bonchev–Trinajstić information content (AvgIpc) is 2.96.